The second kappa shape index (κ2) is 10.9. The van der Waals surface area contributed by atoms with E-state index in [1.54, 1.807) is 36.7 Å². The number of anilines is 1. The molecule has 5 aromatic rings. The van der Waals surface area contributed by atoms with Crippen LogP contribution in [-0.2, 0) is 0 Å². The van der Waals surface area contributed by atoms with Gasteiger partial charge in [0.1, 0.15) is 5.75 Å². The van der Waals surface area contributed by atoms with Gasteiger partial charge in [-0.05, 0) is 55.3 Å². The van der Waals surface area contributed by atoms with Crippen molar-refractivity contribution in [1.29, 1.82) is 0 Å². The van der Waals surface area contributed by atoms with Gasteiger partial charge in [0.2, 0.25) is 5.95 Å². The Bertz CT molecular complexity index is 1720. The van der Waals surface area contributed by atoms with Crippen molar-refractivity contribution in [3.05, 3.63) is 83.3 Å². The molecule has 10 nitrogen and oxygen atoms in total. The number of carbonyl (C=O) groups excluding carboxylic acids is 2. The molecule has 1 fully saturated rings. The molecule has 4 heterocycles. The van der Waals surface area contributed by atoms with Crippen molar-refractivity contribution in [2.24, 2.45) is 0 Å². The number of hydrogen-bond acceptors (Lipinski definition) is 7. The number of rotatable bonds is 6. The Kier molecular flexibility index (Phi) is 7.02. The number of benzene rings is 2. The third-order valence-corrected chi connectivity index (χ3v) is 7.41. The molecule has 1 aliphatic heterocycles. The summed E-state index contributed by atoms with van der Waals surface area (Å²) < 4.78 is 3.55. The second-order valence-electron chi connectivity index (χ2n) is 9.65. The molecular weight excluding hydrogens is 530 g/mol. The van der Waals surface area contributed by atoms with Gasteiger partial charge in [0, 0.05) is 36.1 Å². The van der Waals surface area contributed by atoms with E-state index < -0.39 is 0 Å². The number of phenols is 1. The molecule has 0 bridgehead atoms. The third-order valence-electron chi connectivity index (χ3n) is 7.11. The highest BCUT2D eigenvalue weighted by Gasteiger charge is 2.24. The van der Waals surface area contributed by atoms with Gasteiger partial charge in [0.05, 0.1) is 27.8 Å². The number of pyridine rings is 1. The summed E-state index contributed by atoms with van der Waals surface area (Å²) in [6, 6.07) is 13.7. The molecule has 11 heteroatoms. The lowest BCUT2D eigenvalue weighted by Crippen LogP contribution is -2.25. The fourth-order valence-corrected chi connectivity index (χ4v) is 5.41. The number of para-hydroxylation sites is 1. The first-order chi connectivity index (χ1) is 19.5. The number of phenolic OH excluding ortho intramolecular Hbond substituents is 1. The van der Waals surface area contributed by atoms with Gasteiger partial charge in [0.15, 0.2) is 12.1 Å². The van der Waals surface area contributed by atoms with E-state index in [1.165, 1.54) is 16.9 Å². The number of nitrogens with one attached hydrogen (secondary N) is 2. The number of imidazole rings is 1. The van der Waals surface area contributed by atoms with Gasteiger partial charge >= 0.3 is 0 Å². The number of amides is 1. The van der Waals surface area contributed by atoms with Crippen LogP contribution < -0.4 is 10.6 Å². The molecule has 0 spiro atoms. The minimum absolute atomic E-state index is 0.0897. The summed E-state index contributed by atoms with van der Waals surface area (Å²) in [5.74, 6) is 0.397. The topological polar surface area (TPSA) is 127 Å². The number of nitrogens with zero attached hydrogens (tertiary/aromatic N) is 5. The third kappa shape index (κ3) is 4.83. The van der Waals surface area contributed by atoms with Crippen molar-refractivity contribution < 1.29 is 14.7 Å². The van der Waals surface area contributed by atoms with Gasteiger partial charge in [-0.1, -0.05) is 36.2 Å². The quantitative estimate of drug-likeness (QED) is 0.251. The minimum Gasteiger partial charge on any atom is -0.507 e. The molecule has 0 aliphatic carbocycles. The monoisotopic (exact) mass is 555 g/mol. The van der Waals surface area contributed by atoms with E-state index in [0.717, 1.165) is 37.9 Å². The van der Waals surface area contributed by atoms with Crippen LogP contribution in [0.5, 0.6) is 5.75 Å². The highest BCUT2D eigenvalue weighted by atomic mass is 35.5. The molecule has 6 rings (SSSR count). The molecule has 40 heavy (non-hydrogen) atoms. The van der Waals surface area contributed by atoms with E-state index >= 15 is 0 Å². The van der Waals surface area contributed by atoms with Crippen LogP contribution in [0.2, 0.25) is 5.02 Å². The normalized spacial score (nSPS) is 15.6. The maximum absolute atomic E-state index is 13.5. The Morgan fingerprint density at radius 2 is 2.05 bits per heavy atom. The molecule has 0 unspecified atom stereocenters. The summed E-state index contributed by atoms with van der Waals surface area (Å²) in [7, 11) is 0. The smallest absolute Gasteiger partial charge is 0.258 e. The molecule has 0 radical (unpaired) electrons. The Balaban J connectivity index is 1.31. The van der Waals surface area contributed by atoms with Gasteiger partial charge in [0.25, 0.3) is 5.91 Å². The molecule has 1 amide bonds. The number of aromatic nitrogens is 5. The minimum atomic E-state index is -0.346. The van der Waals surface area contributed by atoms with Gasteiger partial charge in [-0.15, -0.1) is 0 Å². The largest absolute Gasteiger partial charge is 0.507 e. The van der Waals surface area contributed by atoms with Crippen LogP contribution >= 0.6 is 11.6 Å². The first kappa shape index (κ1) is 25.7. The highest BCUT2D eigenvalue weighted by Crippen LogP contribution is 2.33. The fourth-order valence-electron chi connectivity index (χ4n) is 5.15. The van der Waals surface area contributed by atoms with Crippen molar-refractivity contribution in [1.82, 2.24) is 29.6 Å². The van der Waals surface area contributed by atoms with E-state index in [2.05, 4.69) is 20.7 Å². The molecule has 202 valence electrons. The number of aromatic hydroxyl groups is 1. The summed E-state index contributed by atoms with van der Waals surface area (Å²) in [4.78, 5) is 34.1. The first-order valence-electron chi connectivity index (χ1n) is 13.0. The van der Waals surface area contributed by atoms with Crippen molar-refractivity contribution in [3.63, 3.8) is 0 Å². The maximum atomic E-state index is 13.5. The predicted octanol–water partition coefficient (Wildman–Crippen LogP) is 5.02. The van der Waals surface area contributed by atoms with Gasteiger partial charge in [-0.3, -0.25) is 14.9 Å². The average Bonchev–Trinajstić information content (AvgIpc) is 3.50. The zero-order chi connectivity index (χ0) is 27.6. The number of hydrogen-bond donors (Lipinski definition) is 3. The van der Waals surface area contributed by atoms with Crippen molar-refractivity contribution in [3.8, 4) is 22.7 Å². The zero-order valence-electron chi connectivity index (χ0n) is 21.4. The summed E-state index contributed by atoms with van der Waals surface area (Å²) in [5.41, 5.74) is 3.23. The Hall–Kier alpha value is -4.54. The predicted molar refractivity (Wildman–Crippen MR) is 152 cm³/mol. The Morgan fingerprint density at radius 1 is 1.18 bits per heavy atom. The van der Waals surface area contributed by atoms with Crippen molar-refractivity contribution in [2.45, 2.75) is 25.3 Å². The van der Waals surface area contributed by atoms with E-state index in [1.807, 2.05) is 22.8 Å². The lowest BCUT2D eigenvalue weighted by Gasteiger charge is -2.20. The molecule has 1 atom stereocenters. The molecule has 1 saturated heterocycles. The standard InChI is InChI=1S/C29H26ClN7O3/c30-23-7-4-8-24-27(23)37(20-5-1-2-11-31-15-20)29(34-24)35-28(40)18-10-12-32-26(13-18)36-16-19(14-33-36)21-6-3-9-25(39)22(21)17-38/h3-4,6-10,12-14,16-17,20,31,39H,1-2,5,11,15H2,(H,34,35,40)/t20-/m1/s1. The van der Waals surface area contributed by atoms with Crippen molar-refractivity contribution in [2.75, 3.05) is 18.4 Å². The molecule has 1 aliphatic rings. The Morgan fingerprint density at radius 3 is 2.92 bits per heavy atom. The van der Waals surface area contributed by atoms with E-state index in [-0.39, 0.29) is 23.3 Å². The van der Waals surface area contributed by atoms with Gasteiger partial charge < -0.3 is 15.0 Å². The lowest BCUT2D eigenvalue weighted by atomic mass is 10.0. The molecule has 3 aromatic heterocycles. The summed E-state index contributed by atoms with van der Waals surface area (Å²) >= 11 is 6.61. The number of aldehydes is 1. The van der Waals surface area contributed by atoms with Gasteiger partial charge in [-0.2, -0.15) is 5.10 Å². The number of fused-ring (bicyclic) bond motifs is 1. The van der Waals surface area contributed by atoms with Gasteiger partial charge in [-0.25, -0.2) is 14.6 Å². The zero-order valence-corrected chi connectivity index (χ0v) is 22.2. The van der Waals surface area contributed by atoms with E-state index in [9.17, 15) is 14.7 Å². The van der Waals surface area contributed by atoms with Crippen molar-refractivity contribution >= 4 is 40.8 Å². The van der Waals surface area contributed by atoms with E-state index in [0.29, 0.717) is 45.3 Å². The highest BCUT2D eigenvalue weighted by molar-refractivity contribution is 6.35. The van der Waals surface area contributed by atoms with Crippen LogP contribution in [0.3, 0.4) is 0 Å². The van der Waals surface area contributed by atoms with Crippen LogP contribution in [0, 0.1) is 0 Å². The molecule has 0 saturated carbocycles. The number of carbonyl (C=O) groups is 2. The second-order valence-corrected chi connectivity index (χ2v) is 10.1. The van der Waals surface area contributed by atoms with Crippen LogP contribution in [0.15, 0.2) is 67.1 Å². The molecule has 3 N–H and O–H groups in total. The number of halogens is 1. The lowest BCUT2D eigenvalue weighted by molar-refractivity contribution is 0.102. The average molecular weight is 556 g/mol. The van der Waals surface area contributed by atoms with E-state index in [4.69, 9.17) is 16.6 Å². The maximum Gasteiger partial charge on any atom is 0.258 e. The van der Waals surface area contributed by atoms with Crippen LogP contribution in [0.4, 0.5) is 5.95 Å². The van der Waals surface area contributed by atoms with Crippen LogP contribution in [0.1, 0.15) is 46.0 Å². The first-order valence-corrected chi connectivity index (χ1v) is 13.4. The molecule has 2 aromatic carbocycles. The van der Waals surface area contributed by atoms with Crippen LogP contribution in [0.25, 0.3) is 28.0 Å². The summed E-state index contributed by atoms with van der Waals surface area (Å²) in [5, 5.41) is 21.5. The molecular formula is C29H26ClN7O3. The summed E-state index contributed by atoms with van der Waals surface area (Å²) in [6.45, 7) is 1.71. The SMILES string of the molecule is O=Cc1c(O)cccc1-c1cnn(-c2cc(C(=O)Nc3nc4cccc(Cl)c4n3[C@@H]3CCCCNC3)ccn2)c1. The summed E-state index contributed by atoms with van der Waals surface area (Å²) in [6.07, 6.45) is 8.50. The van der Waals surface area contributed by atoms with Crippen LogP contribution in [-0.4, -0.2) is 54.7 Å². The fraction of sp³-hybridized carbons (Fsp3) is 0.207. The Labute approximate surface area is 234 Å².